The lowest BCUT2D eigenvalue weighted by Crippen LogP contribution is -2.35. The molecule has 1 fully saturated rings. The molecule has 1 amide bonds. The van der Waals surface area contributed by atoms with Crippen molar-refractivity contribution >= 4 is 34.2 Å². The number of carbonyl (C=O) groups is 1. The highest BCUT2D eigenvalue weighted by molar-refractivity contribution is 6.31. The molecule has 7 nitrogen and oxygen atoms in total. The van der Waals surface area contributed by atoms with Crippen LogP contribution < -0.4 is 15.6 Å². The Morgan fingerprint density at radius 2 is 1.86 bits per heavy atom. The second kappa shape index (κ2) is 10.7. The van der Waals surface area contributed by atoms with Crippen LogP contribution in [0.3, 0.4) is 0 Å². The molecule has 3 heterocycles. The largest absolute Gasteiger partial charge is 0.396 e. The smallest absolute Gasteiger partial charge is 0.253 e. The minimum Gasteiger partial charge on any atom is -0.396 e. The predicted molar refractivity (Wildman–Crippen MR) is 147 cm³/mol. The van der Waals surface area contributed by atoms with Crippen molar-refractivity contribution in [2.75, 3.05) is 24.6 Å². The Kier molecular flexibility index (Phi) is 7.26. The first-order chi connectivity index (χ1) is 17.9. The molecule has 1 aliphatic heterocycles. The first-order valence-electron chi connectivity index (χ1n) is 12.5. The molecule has 5 rings (SSSR count). The monoisotopic (exact) mass is 516 g/mol. The lowest BCUT2D eigenvalue weighted by Gasteiger charge is -2.32. The Labute approximate surface area is 220 Å². The van der Waals surface area contributed by atoms with Gasteiger partial charge in [0, 0.05) is 54.1 Å². The Bertz CT molecular complexity index is 1490. The normalized spacial score (nSPS) is 14.2. The van der Waals surface area contributed by atoms with Gasteiger partial charge in [-0.2, -0.15) is 0 Å². The zero-order valence-corrected chi connectivity index (χ0v) is 21.4. The van der Waals surface area contributed by atoms with E-state index >= 15 is 0 Å². The van der Waals surface area contributed by atoms with E-state index in [-0.39, 0.29) is 24.5 Å². The van der Waals surface area contributed by atoms with E-state index in [9.17, 15) is 14.7 Å². The summed E-state index contributed by atoms with van der Waals surface area (Å²) in [6.07, 6.45) is 3.62. The summed E-state index contributed by atoms with van der Waals surface area (Å²) < 4.78 is 1.92. The number of benzene rings is 2. The third-order valence-electron chi connectivity index (χ3n) is 7.03. The lowest BCUT2D eigenvalue weighted by molar-refractivity contribution is 0.0949. The third kappa shape index (κ3) is 5.24. The molecule has 0 aliphatic carbocycles. The van der Waals surface area contributed by atoms with Gasteiger partial charge in [0.25, 0.3) is 5.91 Å². The van der Waals surface area contributed by atoms with Crippen molar-refractivity contribution in [3.8, 4) is 5.69 Å². The van der Waals surface area contributed by atoms with Crippen molar-refractivity contribution in [1.82, 2.24) is 14.9 Å². The number of nitrogens with zero attached hydrogens (tertiary/aromatic N) is 3. The van der Waals surface area contributed by atoms with Crippen LogP contribution in [0.25, 0.3) is 16.6 Å². The van der Waals surface area contributed by atoms with Gasteiger partial charge in [0.1, 0.15) is 5.82 Å². The van der Waals surface area contributed by atoms with E-state index in [1.807, 2.05) is 47.9 Å². The fourth-order valence-electron chi connectivity index (χ4n) is 4.86. The minimum absolute atomic E-state index is 0.0823. The van der Waals surface area contributed by atoms with Crippen molar-refractivity contribution in [2.45, 2.75) is 26.3 Å². The molecule has 0 spiro atoms. The second-order valence-electron chi connectivity index (χ2n) is 9.45. The van der Waals surface area contributed by atoms with E-state index in [4.69, 9.17) is 11.6 Å². The van der Waals surface area contributed by atoms with Gasteiger partial charge in [-0.3, -0.25) is 9.59 Å². The molecule has 2 aromatic carbocycles. The van der Waals surface area contributed by atoms with E-state index in [1.54, 1.807) is 30.5 Å². The first-order valence-corrected chi connectivity index (χ1v) is 12.8. The van der Waals surface area contributed by atoms with Crippen molar-refractivity contribution in [3.05, 3.63) is 98.9 Å². The number of hydrogen-bond donors (Lipinski definition) is 2. The van der Waals surface area contributed by atoms with Gasteiger partial charge >= 0.3 is 0 Å². The molecule has 0 radical (unpaired) electrons. The van der Waals surface area contributed by atoms with Gasteiger partial charge in [-0.25, -0.2) is 4.98 Å². The number of fused-ring (bicyclic) bond motifs is 1. The Morgan fingerprint density at radius 3 is 2.57 bits per heavy atom. The number of piperidine rings is 1. The van der Waals surface area contributed by atoms with Crippen molar-refractivity contribution in [2.24, 2.45) is 5.92 Å². The molecule has 1 saturated heterocycles. The number of nitrogens with one attached hydrogen (secondary N) is 1. The average Bonchev–Trinajstić information content (AvgIpc) is 2.93. The summed E-state index contributed by atoms with van der Waals surface area (Å²) in [4.78, 5) is 33.2. The summed E-state index contributed by atoms with van der Waals surface area (Å²) in [7, 11) is 0. The molecule has 37 heavy (non-hydrogen) atoms. The Hall–Kier alpha value is -3.68. The van der Waals surface area contributed by atoms with Crippen molar-refractivity contribution < 1.29 is 9.90 Å². The summed E-state index contributed by atoms with van der Waals surface area (Å²) >= 11 is 6.24. The molecular weight excluding hydrogens is 488 g/mol. The van der Waals surface area contributed by atoms with Gasteiger partial charge in [-0.1, -0.05) is 29.8 Å². The Balaban J connectivity index is 1.37. The van der Waals surface area contributed by atoms with Crippen LogP contribution >= 0.6 is 11.6 Å². The molecular formula is C29H29ClN4O3. The molecule has 4 aromatic rings. The van der Waals surface area contributed by atoms with E-state index in [2.05, 4.69) is 15.2 Å². The summed E-state index contributed by atoms with van der Waals surface area (Å²) in [6, 6.07) is 18.6. The van der Waals surface area contributed by atoms with E-state index in [1.165, 1.54) is 0 Å². The van der Waals surface area contributed by atoms with Crippen LogP contribution in [-0.4, -0.2) is 40.3 Å². The second-order valence-corrected chi connectivity index (χ2v) is 9.89. The number of aliphatic hydroxyl groups is 1. The van der Waals surface area contributed by atoms with Crippen LogP contribution in [0.2, 0.25) is 5.02 Å². The summed E-state index contributed by atoms with van der Waals surface area (Å²) in [5.74, 6) is 0.905. The van der Waals surface area contributed by atoms with Crippen molar-refractivity contribution in [3.63, 3.8) is 0 Å². The number of anilines is 1. The van der Waals surface area contributed by atoms with Gasteiger partial charge in [0.05, 0.1) is 16.8 Å². The first kappa shape index (κ1) is 25.0. The molecule has 190 valence electrons. The molecule has 0 unspecified atom stereocenters. The lowest BCUT2D eigenvalue weighted by atomic mass is 9.98. The molecule has 2 aromatic heterocycles. The van der Waals surface area contributed by atoms with Gasteiger partial charge in [0.15, 0.2) is 5.43 Å². The maximum absolute atomic E-state index is 13.3. The molecule has 1 aliphatic rings. The van der Waals surface area contributed by atoms with Crippen LogP contribution in [0.15, 0.2) is 71.7 Å². The standard InChI is InChI=1S/C29H29ClN4O3/c1-19-24(9-10-27(32-19)33-13-11-20(18-35)12-14-33)29(37)31-16-21-17-34(23-5-3-2-4-6-23)26-15-22(30)7-8-25(26)28(21)36/h2-10,15,17,20,35H,11-14,16,18H2,1H3,(H,31,37). The fraction of sp³-hybridized carbons (Fsp3) is 0.276. The number of amides is 1. The summed E-state index contributed by atoms with van der Waals surface area (Å²) in [5.41, 5.74) is 3.04. The topological polar surface area (TPSA) is 87.5 Å². The molecule has 0 atom stereocenters. The zero-order chi connectivity index (χ0) is 25.9. The highest BCUT2D eigenvalue weighted by Crippen LogP contribution is 2.24. The van der Waals surface area contributed by atoms with Gasteiger partial charge in [0.2, 0.25) is 0 Å². The maximum Gasteiger partial charge on any atom is 0.253 e. The maximum atomic E-state index is 13.3. The molecule has 0 bridgehead atoms. The molecule has 0 saturated carbocycles. The van der Waals surface area contributed by atoms with E-state index in [0.29, 0.717) is 38.7 Å². The third-order valence-corrected chi connectivity index (χ3v) is 7.26. The quantitative estimate of drug-likeness (QED) is 0.394. The zero-order valence-electron chi connectivity index (χ0n) is 20.7. The number of rotatable bonds is 6. The van der Waals surface area contributed by atoms with E-state index in [0.717, 1.165) is 37.4 Å². The summed E-state index contributed by atoms with van der Waals surface area (Å²) in [5, 5.41) is 13.4. The van der Waals surface area contributed by atoms with Crippen LogP contribution in [0.5, 0.6) is 0 Å². The molecule has 8 heteroatoms. The van der Waals surface area contributed by atoms with Crippen LogP contribution in [-0.2, 0) is 6.54 Å². The van der Waals surface area contributed by atoms with Gasteiger partial charge < -0.3 is 19.9 Å². The highest BCUT2D eigenvalue weighted by atomic mass is 35.5. The number of pyridine rings is 2. The number of halogens is 1. The number of para-hydroxylation sites is 1. The summed E-state index contributed by atoms with van der Waals surface area (Å²) in [6.45, 7) is 3.80. The number of carbonyl (C=O) groups excluding carboxylic acids is 1. The Morgan fingerprint density at radius 1 is 1.11 bits per heavy atom. The molecule has 2 N–H and O–H groups in total. The number of aryl methyl sites for hydroxylation is 1. The van der Waals surface area contributed by atoms with Crippen LogP contribution in [0, 0.1) is 12.8 Å². The van der Waals surface area contributed by atoms with Gasteiger partial charge in [-0.05, 0) is 68.1 Å². The highest BCUT2D eigenvalue weighted by Gasteiger charge is 2.21. The predicted octanol–water partition coefficient (Wildman–Crippen LogP) is 4.49. The van der Waals surface area contributed by atoms with Crippen LogP contribution in [0.1, 0.15) is 34.5 Å². The van der Waals surface area contributed by atoms with Gasteiger partial charge in [-0.15, -0.1) is 0 Å². The fourth-order valence-corrected chi connectivity index (χ4v) is 5.03. The SMILES string of the molecule is Cc1nc(N2CCC(CO)CC2)ccc1C(=O)NCc1cn(-c2ccccc2)c2cc(Cl)ccc2c1=O. The number of aromatic nitrogens is 2. The van der Waals surface area contributed by atoms with E-state index < -0.39 is 0 Å². The van der Waals surface area contributed by atoms with Crippen molar-refractivity contribution in [1.29, 1.82) is 0 Å². The number of aliphatic hydroxyl groups excluding tert-OH is 1. The average molecular weight is 517 g/mol. The number of hydrogen-bond acceptors (Lipinski definition) is 5. The van der Waals surface area contributed by atoms with Crippen LogP contribution in [0.4, 0.5) is 5.82 Å². The minimum atomic E-state index is -0.280.